The van der Waals surface area contributed by atoms with Gasteiger partial charge in [-0.1, -0.05) is 37.6 Å². The summed E-state index contributed by atoms with van der Waals surface area (Å²) in [5, 5.41) is 0. The molecule has 4 heteroatoms. The third kappa shape index (κ3) is 3.58. The number of hydrogen-bond donors (Lipinski definition) is 0. The molecule has 2 heterocycles. The molecule has 0 atom stereocenters. The Morgan fingerprint density at radius 2 is 2.04 bits per heavy atom. The Labute approximate surface area is 144 Å². The van der Waals surface area contributed by atoms with Crippen LogP contribution in [0.15, 0.2) is 42.7 Å². The van der Waals surface area contributed by atoms with Crippen molar-refractivity contribution in [2.75, 3.05) is 25.0 Å². The number of aromatic nitrogens is 1. The normalized spacial score (nSPS) is 13.5. The molecule has 0 aliphatic carbocycles. The Bertz CT molecular complexity index is 714. The van der Waals surface area contributed by atoms with E-state index in [4.69, 9.17) is 0 Å². The molecule has 3 rings (SSSR count). The molecule has 24 heavy (non-hydrogen) atoms. The first kappa shape index (κ1) is 16.5. The van der Waals surface area contributed by atoms with E-state index in [1.807, 2.05) is 23.2 Å². The van der Waals surface area contributed by atoms with Gasteiger partial charge in [-0.05, 0) is 30.0 Å². The third-order valence-corrected chi connectivity index (χ3v) is 4.68. The van der Waals surface area contributed by atoms with Gasteiger partial charge < -0.3 is 9.80 Å². The molecule has 0 saturated heterocycles. The summed E-state index contributed by atoms with van der Waals surface area (Å²) < 4.78 is 0. The third-order valence-electron chi connectivity index (χ3n) is 4.68. The summed E-state index contributed by atoms with van der Waals surface area (Å²) in [7, 11) is 2.05. The van der Waals surface area contributed by atoms with Crippen LogP contribution in [0.1, 0.15) is 41.3 Å². The summed E-state index contributed by atoms with van der Waals surface area (Å²) >= 11 is 0. The first-order valence-corrected chi connectivity index (χ1v) is 8.71. The predicted octanol–water partition coefficient (Wildman–Crippen LogP) is 3.52. The van der Waals surface area contributed by atoms with Crippen LogP contribution in [0.2, 0.25) is 0 Å². The van der Waals surface area contributed by atoms with E-state index < -0.39 is 0 Å². The quantitative estimate of drug-likeness (QED) is 0.845. The van der Waals surface area contributed by atoms with Gasteiger partial charge in [-0.2, -0.15) is 0 Å². The highest BCUT2D eigenvalue weighted by atomic mass is 16.2. The maximum Gasteiger partial charge on any atom is 0.255 e. The summed E-state index contributed by atoms with van der Waals surface area (Å²) in [6.07, 6.45) is 6.73. The molecular weight excluding hydrogens is 298 g/mol. The van der Waals surface area contributed by atoms with E-state index in [0.29, 0.717) is 12.1 Å². The van der Waals surface area contributed by atoms with Gasteiger partial charge >= 0.3 is 0 Å². The zero-order valence-corrected chi connectivity index (χ0v) is 14.5. The second-order valence-corrected chi connectivity index (χ2v) is 6.45. The largest absolute Gasteiger partial charge is 0.373 e. The molecule has 1 aliphatic heterocycles. The van der Waals surface area contributed by atoms with Gasteiger partial charge in [-0.25, -0.2) is 0 Å². The second kappa shape index (κ2) is 7.47. The summed E-state index contributed by atoms with van der Waals surface area (Å²) in [5.41, 5.74) is 4.29. The fraction of sp³-hybridized carbons (Fsp3) is 0.400. The number of anilines is 1. The molecule has 0 bridgehead atoms. The van der Waals surface area contributed by atoms with Crippen molar-refractivity contribution in [1.82, 2.24) is 9.88 Å². The van der Waals surface area contributed by atoms with Gasteiger partial charge in [0.15, 0.2) is 0 Å². The van der Waals surface area contributed by atoms with E-state index in [1.54, 1.807) is 6.20 Å². The van der Waals surface area contributed by atoms with Crippen molar-refractivity contribution in [3.05, 3.63) is 59.4 Å². The van der Waals surface area contributed by atoms with Crippen LogP contribution >= 0.6 is 0 Å². The minimum atomic E-state index is 0.0720. The van der Waals surface area contributed by atoms with Crippen LogP contribution in [0.25, 0.3) is 0 Å². The molecule has 0 N–H and O–H groups in total. The SMILES string of the molecule is CCCCN(C)c1cncc(C(=O)N2CCc3ccccc3C2)c1. The van der Waals surface area contributed by atoms with E-state index in [9.17, 15) is 4.79 Å². The van der Waals surface area contributed by atoms with E-state index in [2.05, 4.69) is 42.1 Å². The van der Waals surface area contributed by atoms with Gasteiger partial charge in [0.2, 0.25) is 0 Å². The summed E-state index contributed by atoms with van der Waals surface area (Å²) in [5.74, 6) is 0.0720. The monoisotopic (exact) mass is 323 g/mol. The molecule has 0 spiro atoms. The lowest BCUT2D eigenvalue weighted by molar-refractivity contribution is 0.0734. The molecule has 0 fully saturated rings. The molecule has 0 unspecified atom stereocenters. The average molecular weight is 323 g/mol. The minimum Gasteiger partial charge on any atom is -0.373 e. The number of carbonyl (C=O) groups is 1. The highest BCUT2D eigenvalue weighted by Gasteiger charge is 2.22. The zero-order chi connectivity index (χ0) is 16.9. The van der Waals surface area contributed by atoms with Crippen molar-refractivity contribution in [2.45, 2.75) is 32.7 Å². The van der Waals surface area contributed by atoms with Crippen LogP contribution in [-0.4, -0.2) is 35.9 Å². The number of hydrogen-bond acceptors (Lipinski definition) is 3. The van der Waals surface area contributed by atoms with E-state index in [-0.39, 0.29) is 5.91 Å². The zero-order valence-electron chi connectivity index (χ0n) is 14.5. The summed E-state index contributed by atoms with van der Waals surface area (Å²) in [4.78, 5) is 21.2. The first-order valence-electron chi connectivity index (χ1n) is 8.71. The second-order valence-electron chi connectivity index (χ2n) is 6.45. The first-order chi connectivity index (χ1) is 11.7. The van der Waals surface area contributed by atoms with Crippen LogP contribution in [0.3, 0.4) is 0 Å². The van der Waals surface area contributed by atoms with Gasteiger partial charge in [0.1, 0.15) is 0 Å². The fourth-order valence-electron chi connectivity index (χ4n) is 3.13. The summed E-state index contributed by atoms with van der Waals surface area (Å²) in [6, 6.07) is 10.3. The van der Waals surface area contributed by atoms with E-state index in [1.165, 1.54) is 11.1 Å². The number of rotatable bonds is 5. The van der Waals surface area contributed by atoms with Crippen LogP contribution in [0.5, 0.6) is 0 Å². The van der Waals surface area contributed by atoms with Gasteiger partial charge in [-0.15, -0.1) is 0 Å². The molecular formula is C20H25N3O. The van der Waals surface area contributed by atoms with Crippen molar-refractivity contribution in [1.29, 1.82) is 0 Å². The average Bonchev–Trinajstić information content (AvgIpc) is 2.65. The van der Waals surface area contributed by atoms with Crippen LogP contribution in [-0.2, 0) is 13.0 Å². The molecule has 1 aromatic carbocycles. The van der Waals surface area contributed by atoms with Gasteiger partial charge in [0.25, 0.3) is 5.91 Å². The molecule has 0 saturated carbocycles. The summed E-state index contributed by atoms with van der Waals surface area (Å²) in [6.45, 7) is 4.61. The van der Waals surface area contributed by atoms with Crippen LogP contribution in [0.4, 0.5) is 5.69 Å². The van der Waals surface area contributed by atoms with Gasteiger partial charge in [0, 0.05) is 32.9 Å². The van der Waals surface area contributed by atoms with Crippen molar-refractivity contribution < 1.29 is 4.79 Å². The van der Waals surface area contributed by atoms with Crippen molar-refractivity contribution in [2.24, 2.45) is 0 Å². The molecule has 126 valence electrons. The van der Waals surface area contributed by atoms with Gasteiger partial charge in [0.05, 0.1) is 17.4 Å². The highest BCUT2D eigenvalue weighted by molar-refractivity contribution is 5.95. The molecule has 1 aromatic heterocycles. The lowest BCUT2D eigenvalue weighted by Crippen LogP contribution is -2.36. The van der Waals surface area contributed by atoms with Crippen molar-refractivity contribution >= 4 is 11.6 Å². The maximum absolute atomic E-state index is 12.9. The number of amides is 1. The Morgan fingerprint density at radius 1 is 1.25 bits per heavy atom. The van der Waals surface area contributed by atoms with Crippen molar-refractivity contribution in [3.63, 3.8) is 0 Å². The number of nitrogens with zero attached hydrogens (tertiary/aromatic N) is 3. The standard InChI is InChI=1S/C20H25N3O/c1-3-4-10-22(2)19-12-18(13-21-14-19)20(24)23-11-9-16-7-5-6-8-17(16)15-23/h5-8,12-14H,3-4,9-11,15H2,1-2H3. The minimum absolute atomic E-state index is 0.0720. The highest BCUT2D eigenvalue weighted by Crippen LogP contribution is 2.21. The lowest BCUT2D eigenvalue weighted by Gasteiger charge is -2.29. The lowest BCUT2D eigenvalue weighted by atomic mass is 9.99. The molecule has 1 amide bonds. The predicted molar refractivity (Wildman–Crippen MR) is 97.3 cm³/mol. The maximum atomic E-state index is 12.9. The van der Waals surface area contributed by atoms with E-state index in [0.717, 1.165) is 38.0 Å². The van der Waals surface area contributed by atoms with Crippen LogP contribution < -0.4 is 4.90 Å². The molecule has 4 nitrogen and oxygen atoms in total. The Hall–Kier alpha value is -2.36. The number of carbonyl (C=O) groups excluding carboxylic acids is 1. The Kier molecular flexibility index (Phi) is 5.14. The Morgan fingerprint density at radius 3 is 2.83 bits per heavy atom. The molecule has 1 aliphatic rings. The van der Waals surface area contributed by atoms with Crippen molar-refractivity contribution in [3.8, 4) is 0 Å². The number of pyridine rings is 1. The van der Waals surface area contributed by atoms with Crippen LogP contribution in [0, 0.1) is 0 Å². The molecule has 0 radical (unpaired) electrons. The number of unbranched alkanes of at least 4 members (excludes halogenated alkanes) is 1. The molecule has 2 aromatic rings. The smallest absolute Gasteiger partial charge is 0.255 e. The fourth-order valence-corrected chi connectivity index (χ4v) is 3.13. The number of fused-ring (bicyclic) bond motifs is 1. The topological polar surface area (TPSA) is 36.4 Å². The Balaban J connectivity index is 1.74. The van der Waals surface area contributed by atoms with Gasteiger partial charge in [-0.3, -0.25) is 9.78 Å². The number of benzene rings is 1. The van der Waals surface area contributed by atoms with E-state index >= 15 is 0 Å².